The Kier molecular flexibility index (Phi) is 4.53. The molecule has 0 heterocycles. The zero-order valence-electron chi connectivity index (χ0n) is 11.9. The smallest absolute Gasteiger partial charge is 0.255 e. The monoisotopic (exact) mass is 341 g/mol. The van der Waals surface area contributed by atoms with Gasteiger partial charge in [-0.1, -0.05) is 17.7 Å². The van der Waals surface area contributed by atoms with Gasteiger partial charge in [0.2, 0.25) is 0 Å². The van der Waals surface area contributed by atoms with Crippen LogP contribution in [0.4, 0.5) is 10.1 Å². The fourth-order valence-electron chi connectivity index (χ4n) is 1.80. The molecule has 0 saturated carbocycles. The summed E-state index contributed by atoms with van der Waals surface area (Å²) in [6.45, 7) is 1.61. The summed E-state index contributed by atoms with van der Waals surface area (Å²) in [7, 11) is -3.55. The standard InChI is InChI=1S/C15H13ClFNO3S/c1-9-3-5-11(8-13(9)17)18-15(19)10-4-6-12(16)14(7-10)22(2,20)21/h3-8H,1-2H3,(H,18,19). The van der Waals surface area contributed by atoms with E-state index in [-0.39, 0.29) is 21.2 Å². The quantitative estimate of drug-likeness (QED) is 0.930. The third kappa shape index (κ3) is 3.64. The van der Waals surface area contributed by atoms with Crippen LogP contribution in [-0.4, -0.2) is 20.6 Å². The molecule has 2 aromatic rings. The van der Waals surface area contributed by atoms with Gasteiger partial charge < -0.3 is 5.32 Å². The van der Waals surface area contributed by atoms with Crippen molar-refractivity contribution in [1.29, 1.82) is 0 Å². The molecule has 0 bridgehead atoms. The number of halogens is 2. The molecule has 0 radical (unpaired) electrons. The molecular formula is C15H13ClFNO3S. The minimum atomic E-state index is -3.55. The first-order valence-electron chi connectivity index (χ1n) is 6.25. The van der Waals surface area contributed by atoms with Gasteiger partial charge in [-0.3, -0.25) is 4.79 Å². The minimum Gasteiger partial charge on any atom is -0.322 e. The lowest BCUT2D eigenvalue weighted by Gasteiger charge is -2.08. The van der Waals surface area contributed by atoms with E-state index >= 15 is 0 Å². The molecule has 0 saturated heterocycles. The lowest BCUT2D eigenvalue weighted by molar-refractivity contribution is 0.102. The normalized spacial score (nSPS) is 11.3. The highest BCUT2D eigenvalue weighted by molar-refractivity contribution is 7.90. The number of anilines is 1. The second-order valence-corrected chi connectivity index (χ2v) is 7.23. The summed E-state index contributed by atoms with van der Waals surface area (Å²) in [6, 6.07) is 8.22. The number of nitrogens with one attached hydrogen (secondary N) is 1. The van der Waals surface area contributed by atoms with Crippen molar-refractivity contribution in [3.8, 4) is 0 Å². The van der Waals surface area contributed by atoms with E-state index in [1.807, 2.05) is 0 Å². The number of benzene rings is 2. The number of hydrogen-bond acceptors (Lipinski definition) is 3. The van der Waals surface area contributed by atoms with Crippen molar-refractivity contribution in [1.82, 2.24) is 0 Å². The molecular weight excluding hydrogens is 329 g/mol. The molecule has 1 N–H and O–H groups in total. The molecule has 2 rings (SSSR count). The first-order valence-corrected chi connectivity index (χ1v) is 8.52. The Morgan fingerprint density at radius 1 is 1.18 bits per heavy atom. The zero-order valence-corrected chi connectivity index (χ0v) is 13.4. The van der Waals surface area contributed by atoms with Crippen LogP contribution < -0.4 is 5.32 Å². The molecule has 0 unspecified atom stereocenters. The lowest BCUT2D eigenvalue weighted by Crippen LogP contribution is -2.13. The topological polar surface area (TPSA) is 63.2 Å². The van der Waals surface area contributed by atoms with Crippen LogP contribution in [0.5, 0.6) is 0 Å². The van der Waals surface area contributed by atoms with Gasteiger partial charge >= 0.3 is 0 Å². The predicted octanol–water partition coefficient (Wildman–Crippen LogP) is 3.44. The Morgan fingerprint density at radius 3 is 2.45 bits per heavy atom. The van der Waals surface area contributed by atoms with Crippen molar-refractivity contribution >= 4 is 33.0 Å². The van der Waals surface area contributed by atoms with E-state index in [0.717, 1.165) is 6.26 Å². The number of amides is 1. The molecule has 0 aliphatic rings. The predicted molar refractivity (Wildman–Crippen MR) is 83.7 cm³/mol. The maximum Gasteiger partial charge on any atom is 0.255 e. The number of aryl methyl sites for hydroxylation is 1. The third-order valence-electron chi connectivity index (χ3n) is 3.02. The van der Waals surface area contributed by atoms with Gasteiger partial charge in [0, 0.05) is 17.5 Å². The maximum atomic E-state index is 13.5. The van der Waals surface area contributed by atoms with Crippen LogP contribution in [0.15, 0.2) is 41.3 Å². The second kappa shape index (κ2) is 6.06. The maximum absolute atomic E-state index is 13.5. The fourth-order valence-corrected chi connectivity index (χ4v) is 3.10. The minimum absolute atomic E-state index is 0.0421. The molecule has 2 aromatic carbocycles. The van der Waals surface area contributed by atoms with Crippen molar-refractivity contribution in [3.63, 3.8) is 0 Å². The van der Waals surface area contributed by atoms with Gasteiger partial charge in [0.05, 0.1) is 9.92 Å². The summed E-state index contributed by atoms with van der Waals surface area (Å²) in [6.07, 6.45) is 1.01. The largest absolute Gasteiger partial charge is 0.322 e. The summed E-state index contributed by atoms with van der Waals surface area (Å²) >= 11 is 5.82. The van der Waals surface area contributed by atoms with E-state index in [4.69, 9.17) is 11.6 Å². The van der Waals surface area contributed by atoms with Crippen LogP contribution in [0.3, 0.4) is 0 Å². The van der Waals surface area contributed by atoms with Gasteiger partial charge in [0.15, 0.2) is 9.84 Å². The first kappa shape index (κ1) is 16.5. The lowest BCUT2D eigenvalue weighted by atomic mass is 10.2. The summed E-state index contributed by atoms with van der Waals surface area (Å²) in [5, 5.41) is 2.55. The van der Waals surface area contributed by atoms with Crippen LogP contribution >= 0.6 is 11.6 Å². The van der Waals surface area contributed by atoms with Crippen LogP contribution in [0.2, 0.25) is 5.02 Å². The zero-order chi connectivity index (χ0) is 16.5. The van der Waals surface area contributed by atoms with Crippen molar-refractivity contribution < 1.29 is 17.6 Å². The summed E-state index contributed by atoms with van der Waals surface area (Å²) in [5.41, 5.74) is 0.860. The van der Waals surface area contributed by atoms with E-state index in [1.165, 1.54) is 30.3 Å². The van der Waals surface area contributed by atoms with Crippen molar-refractivity contribution in [2.45, 2.75) is 11.8 Å². The molecule has 1 amide bonds. The first-order chi connectivity index (χ1) is 10.2. The van der Waals surface area contributed by atoms with E-state index in [0.29, 0.717) is 5.56 Å². The summed E-state index contributed by atoms with van der Waals surface area (Å²) in [5.74, 6) is -0.990. The highest BCUT2D eigenvalue weighted by Crippen LogP contribution is 2.23. The molecule has 0 fully saturated rings. The van der Waals surface area contributed by atoms with Crippen LogP contribution in [0.25, 0.3) is 0 Å². The number of sulfone groups is 1. The van der Waals surface area contributed by atoms with Gasteiger partial charge in [-0.2, -0.15) is 0 Å². The van der Waals surface area contributed by atoms with Crippen LogP contribution in [0, 0.1) is 12.7 Å². The molecule has 0 aromatic heterocycles. The van der Waals surface area contributed by atoms with Gasteiger partial charge in [0.1, 0.15) is 5.82 Å². The Morgan fingerprint density at radius 2 is 1.86 bits per heavy atom. The van der Waals surface area contributed by atoms with E-state index in [1.54, 1.807) is 13.0 Å². The molecule has 4 nitrogen and oxygen atoms in total. The van der Waals surface area contributed by atoms with Gasteiger partial charge in [-0.05, 0) is 42.8 Å². The van der Waals surface area contributed by atoms with E-state index in [9.17, 15) is 17.6 Å². The van der Waals surface area contributed by atoms with E-state index < -0.39 is 21.6 Å². The van der Waals surface area contributed by atoms with E-state index in [2.05, 4.69) is 5.32 Å². The molecule has 0 aliphatic carbocycles. The summed E-state index contributed by atoms with van der Waals surface area (Å²) in [4.78, 5) is 12.0. The highest BCUT2D eigenvalue weighted by Gasteiger charge is 2.16. The number of hydrogen-bond donors (Lipinski definition) is 1. The Hall–Kier alpha value is -1.92. The van der Waals surface area contributed by atoms with Gasteiger partial charge in [-0.15, -0.1) is 0 Å². The van der Waals surface area contributed by atoms with Crippen molar-refractivity contribution in [2.24, 2.45) is 0 Å². The number of carbonyl (C=O) groups is 1. The van der Waals surface area contributed by atoms with Crippen LogP contribution in [-0.2, 0) is 9.84 Å². The highest BCUT2D eigenvalue weighted by atomic mass is 35.5. The van der Waals surface area contributed by atoms with Crippen molar-refractivity contribution in [2.75, 3.05) is 11.6 Å². The SMILES string of the molecule is Cc1ccc(NC(=O)c2ccc(Cl)c(S(C)(=O)=O)c2)cc1F. The van der Waals surface area contributed by atoms with Gasteiger partial charge in [0.25, 0.3) is 5.91 Å². The Balaban J connectivity index is 2.32. The second-order valence-electron chi connectivity index (χ2n) is 4.84. The number of carbonyl (C=O) groups excluding carboxylic acids is 1. The third-order valence-corrected chi connectivity index (χ3v) is 4.60. The Labute approximate surface area is 132 Å². The average molecular weight is 342 g/mol. The molecule has 22 heavy (non-hydrogen) atoms. The number of rotatable bonds is 3. The molecule has 116 valence electrons. The molecule has 0 atom stereocenters. The molecule has 0 spiro atoms. The Bertz CT molecular complexity index is 850. The average Bonchev–Trinajstić information content (AvgIpc) is 2.42. The molecule has 0 aliphatic heterocycles. The molecule has 7 heteroatoms. The summed E-state index contributed by atoms with van der Waals surface area (Å²) < 4.78 is 36.7. The van der Waals surface area contributed by atoms with Gasteiger partial charge in [-0.25, -0.2) is 12.8 Å². The van der Waals surface area contributed by atoms with Crippen LogP contribution in [0.1, 0.15) is 15.9 Å². The van der Waals surface area contributed by atoms with Crippen molar-refractivity contribution in [3.05, 3.63) is 58.4 Å². The fraction of sp³-hybridized carbons (Fsp3) is 0.133.